The predicted octanol–water partition coefficient (Wildman–Crippen LogP) is 5.18. The van der Waals surface area contributed by atoms with Crippen molar-refractivity contribution in [3.8, 4) is 5.75 Å². The minimum atomic E-state index is -0.164. The van der Waals surface area contributed by atoms with E-state index in [1.54, 1.807) is 24.5 Å². The van der Waals surface area contributed by atoms with Crippen molar-refractivity contribution in [2.75, 3.05) is 6.61 Å². The molecule has 164 valence electrons. The highest BCUT2D eigenvalue weighted by atomic mass is 35.5. The van der Waals surface area contributed by atoms with Gasteiger partial charge >= 0.3 is 0 Å². The molecule has 0 saturated heterocycles. The van der Waals surface area contributed by atoms with E-state index in [0.29, 0.717) is 18.7 Å². The van der Waals surface area contributed by atoms with Crippen LogP contribution in [0.1, 0.15) is 34.6 Å². The number of nitrogens with zero attached hydrogens (tertiary/aromatic N) is 3. The third kappa shape index (κ3) is 5.26. The van der Waals surface area contributed by atoms with Crippen molar-refractivity contribution in [2.45, 2.75) is 32.9 Å². The summed E-state index contributed by atoms with van der Waals surface area (Å²) in [5.74, 6) is 1.50. The van der Waals surface area contributed by atoms with Crippen LogP contribution in [0.4, 0.5) is 0 Å². The summed E-state index contributed by atoms with van der Waals surface area (Å²) < 4.78 is 8.03. The van der Waals surface area contributed by atoms with Crippen LogP contribution in [-0.2, 0) is 13.1 Å². The molecule has 4 aromatic rings. The lowest BCUT2D eigenvalue weighted by Gasteiger charge is -2.11. The van der Waals surface area contributed by atoms with E-state index in [4.69, 9.17) is 21.3 Å². The number of aryl methyl sites for hydroxylation is 2. The van der Waals surface area contributed by atoms with E-state index in [-0.39, 0.29) is 5.91 Å². The van der Waals surface area contributed by atoms with Gasteiger partial charge in [-0.25, -0.2) is 4.98 Å². The lowest BCUT2D eigenvalue weighted by Crippen LogP contribution is -2.25. The van der Waals surface area contributed by atoms with E-state index in [1.807, 2.05) is 43.3 Å². The number of nitrogens with one attached hydrogen (secondary N) is 1. The van der Waals surface area contributed by atoms with Gasteiger partial charge < -0.3 is 14.6 Å². The summed E-state index contributed by atoms with van der Waals surface area (Å²) in [6.07, 6.45) is 5.03. The fourth-order valence-electron chi connectivity index (χ4n) is 3.54. The number of unbranched alkanes of at least 4 members (excludes halogenated alkanes) is 1. The van der Waals surface area contributed by atoms with Crippen molar-refractivity contribution < 1.29 is 9.53 Å². The first kappa shape index (κ1) is 21.8. The Labute approximate surface area is 192 Å². The number of hydrogen-bond donors (Lipinski definition) is 1. The van der Waals surface area contributed by atoms with Gasteiger partial charge in [-0.3, -0.25) is 9.78 Å². The molecule has 0 aliphatic carbocycles. The molecule has 0 spiro atoms. The maximum Gasteiger partial charge on any atom is 0.253 e. The number of ether oxygens (including phenoxy) is 1. The highest BCUT2D eigenvalue weighted by Gasteiger charge is 2.12. The number of carbonyl (C=O) groups excluding carboxylic acids is 1. The lowest BCUT2D eigenvalue weighted by molar-refractivity contribution is 0.0949. The molecule has 7 heteroatoms. The standard InChI is InChI=1S/C25H25ClN4O2/c1-18-15-20(10-11-21(18)26)32-14-5-4-13-30-23-9-3-2-8-22(23)29-24(30)17-28-25(31)19-7-6-12-27-16-19/h2-3,6-12,15-16H,4-5,13-14,17H2,1H3,(H,28,31). The molecule has 2 aromatic heterocycles. The number of carbonyl (C=O) groups is 1. The quantitative estimate of drug-likeness (QED) is 0.358. The summed E-state index contributed by atoms with van der Waals surface area (Å²) in [4.78, 5) is 21.1. The van der Waals surface area contributed by atoms with Crippen LogP contribution in [0.2, 0.25) is 5.02 Å². The molecule has 0 aliphatic rings. The monoisotopic (exact) mass is 448 g/mol. The lowest BCUT2D eigenvalue weighted by atomic mass is 10.2. The molecular formula is C25H25ClN4O2. The number of rotatable bonds is 9. The van der Waals surface area contributed by atoms with Gasteiger partial charge in [0.25, 0.3) is 5.91 Å². The average Bonchev–Trinajstić information content (AvgIpc) is 3.17. The van der Waals surface area contributed by atoms with Crippen LogP contribution in [0.5, 0.6) is 5.75 Å². The van der Waals surface area contributed by atoms with Crippen LogP contribution in [0.25, 0.3) is 11.0 Å². The Morgan fingerprint density at radius 1 is 1.12 bits per heavy atom. The first-order valence-electron chi connectivity index (χ1n) is 10.6. The van der Waals surface area contributed by atoms with E-state index in [1.165, 1.54) is 0 Å². The van der Waals surface area contributed by atoms with E-state index in [9.17, 15) is 4.79 Å². The average molecular weight is 449 g/mol. The zero-order valence-electron chi connectivity index (χ0n) is 17.9. The first-order valence-corrected chi connectivity index (χ1v) is 11.0. The van der Waals surface area contributed by atoms with E-state index < -0.39 is 0 Å². The van der Waals surface area contributed by atoms with Crippen LogP contribution in [0, 0.1) is 6.92 Å². The summed E-state index contributed by atoms with van der Waals surface area (Å²) in [5.41, 5.74) is 3.52. The maximum atomic E-state index is 12.4. The second kappa shape index (κ2) is 10.3. The number of hydrogen-bond acceptors (Lipinski definition) is 4. The second-order valence-corrected chi connectivity index (χ2v) is 7.97. The zero-order valence-corrected chi connectivity index (χ0v) is 18.7. The normalized spacial score (nSPS) is 10.9. The first-order chi connectivity index (χ1) is 15.6. The molecule has 2 heterocycles. The van der Waals surface area contributed by atoms with Crippen molar-refractivity contribution in [1.29, 1.82) is 0 Å². The van der Waals surface area contributed by atoms with Gasteiger partial charge in [-0.2, -0.15) is 0 Å². The highest BCUT2D eigenvalue weighted by Crippen LogP contribution is 2.21. The number of para-hydroxylation sites is 2. The number of benzene rings is 2. The summed E-state index contributed by atoms with van der Waals surface area (Å²) in [5, 5.41) is 3.69. The Hall–Kier alpha value is -3.38. The van der Waals surface area contributed by atoms with E-state index in [2.05, 4.69) is 20.9 Å². The summed E-state index contributed by atoms with van der Waals surface area (Å²) in [6.45, 7) is 3.74. The summed E-state index contributed by atoms with van der Waals surface area (Å²) >= 11 is 6.07. The maximum absolute atomic E-state index is 12.4. The summed E-state index contributed by atoms with van der Waals surface area (Å²) in [6, 6.07) is 17.2. The molecule has 1 N–H and O–H groups in total. The number of imidazole rings is 1. The molecular weight excluding hydrogens is 424 g/mol. The number of pyridine rings is 1. The number of aromatic nitrogens is 3. The number of fused-ring (bicyclic) bond motifs is 1. The third-order valence-corrected chi connectivity index (χ3v) is 5.66. The van der Waals surface area contributed by atoms with E-state index >= 15 is 0 Å². The zero-order chi connectivity index (χ0) is 22.3. The Bertz CT molecular complexity index is 1210. The van der Waals surface area contributed by atoms with Crippen molar-refractivity contribution >= 4 is 28.5 Å². The predicted molar refractivity (Wildman–Crippen MR) is 126 cm³/mol. The molecule has 1 amide bonds. The Morgan fingerprint density at radius 2 is 2.00 bits per heavy atom. The van der Waals surface area contributed by atoms with Gasteiger partial charge in [0.2, 0.25) is 0 Å². The Morgan fingerprint density at radius 3 is 2.81 bits per heavy atom. The molecule has 0 atom stereocenters. The van der Waals surface area contributed by atoms with E-state index in [0.717, 1.165) is 52.6 Å². The molecule has 6 nitrogen and oxygen atoms in total. The fraction of sp³-hybridized carbons (Fsp3) is 0.240. The SMILES string of the molecule is Cc1cc(OCCCCn2c(CNC(=O)c3cccnc3)nc3ccccc32)ccc1Cl. The van der Waals surface area contributed by atoms with Gasteiger partial charge in [0.05, 0.1) is 29.7 Å². The van der Waals surface area contributed by atoms with Crippen molar-refractivity contribution in [3.05, 3.63) is 89.0 Å². The minimum absolute atomic E-state index is 0.164. The minimum Gasteiger partial charge on any atom is -0.494 e. The molecule has 2 aromatic carbocycles. The van der Waals surface area contributed by atoms with Crippen LogP contribution in [0.3, 0.4) is 0 Å². The van der Waals surface area contributed by atoms with Crippen molar-refractivity contribution in [2.24, 2.45) is 0 Å². The second-order valence-electron chi connectivity index (χ2n) is 7.56. The fourth-order valence-corrected chi connectivity index (χ4v) is 3.65. The van der Waals surface area contributed by atoms with Crippen molar-refractivity contribution in [1.82, 2.24) is 19.9 Å². The molecule has 4 rings (SSSR count). The van der Waals surface area contributed by atoms with Crippen LogP contribution in [0.15, 0.2) is 67.0 Å². The molecule has 0 fully saturated rings. The smallest absolute Gasteiger partial charge is 0.253 e. The largest absolute Gasteiger partial charge is 0.494 e. The highest BCUT2D eigenvalue weighted by molar-refractivity contribution is 6.31. The summed E-state index contributed by atoms with van der Waals surface area (Å²) in [7, 11) is 0. The topological polar surface area (TPSA) is 69.0 Å². The number of amides is 1. The number of halogens is 1. The van der Waals surface area contributed by atoms with Crippen LogP contribution in [-0.4, -0.2) is 27.0 Å². The van der Waals surface area contributed by atoms with Gasteiger partial charge in [0, 0.05) is 24.0 Å². The molecule has 32 heavy (non-hydrogen) atoms. The molecule has 0 radical (unpaired) electrons. The third-order valence-electron chi connectivity index (χ3n) is 5.24. The van der Waals surface area contributed by atoms with Crippen molar-refractivity contribution in [3.63, 3.8) is 0 Å². The van der Waals surface area contributed by atoms with Gasteiger partial charge in [0.1, 0.15) is 11.6 Å². The van der Waals surface area contributed by atoms with Crippen LogP contribution < -0.4 is 10.1 Å². The molecule has 0 saturated carbocycles. The van der Waals surface area contributed by atoms with Crippen LogP contribution >= 0.6 is 11.6 Å². The molecule has 0 unspecified atom stereocenters. The van der Waals surface area contributed by atoms with Gasteiger partial charge in [-0.15, -0.1) is 0 Å². The Balaban J connectivity index is 1.36. The Kier molecular flexibility index (Phi) is 7.02. The molecule has 0 bridgehead atoms. The van der Waals surface area contributed by atoms with Gasteiger partial charge in [-0.1, -0.05) is 23.7 Å². The molecule has 0 aliphatic heterocycles. The van der Waals surface area contributed by atoms with Gasteiger partial charge in [0.15, 0.2) is 0 Å². The van der Waals surface area contributed by atoms with Gasteiger partial charge in [-0.05, 0) is 67.8 Å².